The lowest BCUT2D eigenvalue weighted by molar-refractivity contribution is 0.820. The maximum Gasteiger partial charge on any atom is 0.145 e. The average molecular weight is 292 g/mol. The molecule has 2 aromatic heterocycles. The number of halogens is 2. The van der Waals surface area contributed by atoms with E-state index in [4.69, 9.17) is 23.2 Å². The van der Waals surface area contributed by atoms with E-state index in [1.54, 1.807) is 0 Å². The number of nitrogens with zero attached hydrogens (tertiary/aromatic N) is 3. The predicted octanol–water partition coefficient (Wildman–Crippen LogP) is 4.09. The van der Waals surface area contributed by atoms with Crippen LogP contribution >= 0.6 is 23.2 Å². The van der Waals surface area contributed by atoms with E-state index in [9.17, 15) is 0 Å². The topological polar surface area (TPSA) is 30.7 Å². The summed E-state index contributed by atoms with van der Waals surface area (Å²) < 4.78 is 2.04. The molecule has 0 saturated heterocycles. The van der Waals surface area contributed by atoms with Crippen molar-refractivity contribution in [2.75, 3.05) is 0 Å². The minimum atomic E-state index is 0.493. The Morgan fingerprint density at radius 1 is 1.16 bits per heavy atom. The minimum absolute atomic E-state index is 0.493. The Hall–Kier alpha value is -1.58. The third kappa shape index (κ3) is 2.44. The molecule has 3 aromatic rings. The smallest absolute Gasteiger partial charge is 0.145 e. The molecule has 0 aliphatic heterocycles. The summed E-state index contributed by atoms with van der Waals surface area (Å²) in [6.07, 6.45) is 1.96. The molecule has 0 N–H and O–H groups in total. The van der Waals surface area contributed by atoms with Gasteiger partial charge in [0.25, 0.3) is 0 Å². The molecule has 0 saturated carbocycles. The average Bonchev–Trinajstić information content (AvgIpc) is 2.73. The summed E-state index contributed by atoms with van der Waals surface area (Å²) in [4.78, 5) is 8.61. The monoisotopic (exact) mass is 291 g/mol. The Balaban J connectivity index is 2.06. The van der Waals surface area contributed by atoms with E-state index in [-0.39, 0.29) is 0 Å². The van der Waals surface area contributed by atoms with Gasteiger partial charge in [-0.1, -0.05) is 35.3 Å². The van der Waals surface area contributed by atoms with Crippen LogP contribution in [0.25, 0.3) is 11.0 Å². The Kier molecular flexibility index (Phi) is 3.17. The molecule has 0 radical (unpaired) electrons. The molecule has 0 spiro atoms. The highest BCUT2D eigenvalue weighted by Gasteiger charge is 2.08. The predicted molar refractivity (Wildman–Crippen MR) is 77.8 cm³/mol. The van der Waals surface area contributed by atoms with Gasteiger partial charge >= 0.3 is 0 Å². The SMILES string of the molecule is Cc1nc(Cl)c2ccn(Cc3cccc(Cl)c3)c2n1. The van der Waals surface area contributed by atoms with Crippen LogP contribution in [0.3, 0.4) is 0 Å². The van der Waals surface area contributed by atoms with Crippen molar-refractivity contribution in [3.8, 4) is 0 Å². The molecule has 0 aliphatic rings. The standard InChI is InChI=1S/C14H11Cl2N3/c1-9-17-13(16)12-5-6-19(14(12)18-9)8-10-3-2-4-11(15)7-10/h2-7H,8H2,1H3. The molecule has 0 atom stereocenters. The fourth-order valence-corrected chi connectivity index (χ4v) is 2.57. The second-order valence-electron chi connectivity index (χ2n) is 4.37. The largest absolute Gasteiger partial charge is 0.328 e. The van der Waals surface area contributed by atoms with Crippen molar-refractivity contribution in [3.05, 3.63) is 58.1 Å². The summed E-state index contributed by atoms with van der Waals surface area (Å²) in [6, 6.07) is 9.72. The van der Waals surface area contributed by atoms with E-state index in [0.717, 1.165) is 21.6 Å². The van der Waals surface area contributed by atoms with Gasteiger partial charge in [0.05, 0.1) is 5.39 Å². The summed E-state index contributed by atoms with van der Waals surface area (Å²) in [7, 11) is 0. The first kappa shape index (κ1) is 12.5. The Bertz CT molecular complexity index is 750. The molecule has 0 amide bonds. The number of fused-ring (bicyclic) bond motifs is 1. The highest BCUT2D eigenvalue weighted by Crippen LogP contribution is 2.22. The van der Waals surface area contributed by atoms with E-state index in [1.165, 1.54) is 0 Å². The van der Waals surface area contributed by atoms with Gasteiger partial charge in [0.15, 0.2) is 0 Å². The first-order valence-electron chi connectivity index (χ1n) is 5.87. The van der Waals surface area contributed by atoms with Crippen LogP contribution in [0, 0.1) is 6.92 Å². The number of hydrogen-bond donors (Lipinski definition) is 0. The van der Waals surface area contributed by atoms with Crippen LogP contribution in [0.2, 0.25) is 10.2 Å². The van der Waals surface area contributed by atoms with Crippen molar-refractivity contribution >= 4 is 34.2 Å². The van der Waals surface area contributed by atoms with E-state index in [2.05, 4.69) is 9.97 Å². The molecular weight excluding hydrogens is 281 g/mol. The van der Waals surface area contributed by atoms with Crippen LogP contribution in [0.5, 0.6) is 0 Å². The van der Waals surface area contributed by atoms with Crippen LogP contribution in [-0.2, 0) is 6.54 Å². The highest BCUT2D eigenvalue weighted by atomic mass is 35.5. The molecule has 19 heavy (non-hydrogen) atoms. The fourth-order valence-electron chi connectivity index (χ4n) is 2.09. The molecule has 0 bridgehead atoms. The number of aryl methyl sites for hydroxylation is 1. The summed E-state index contributed by atoms with van der Waals surface area (Å²) in [5.74, 6) is 0.670. The third-order valence-electron chi connectivity index (χ3n) is 2.93. The van der Waals surface area contributed by atoms with Gasteiger partial charge in [-0.15, -0.1) is 0 Å². The zero-order valence-electron chi connectivity index (χ0n) is 10.3. The molecule has 0 aliphatic carbocycles. The molecular formula is C14H11Cl2N3. The van der Waals surface area contributed by atoms with E-state index in [1.807, 2.05) is 48.0 Å². The Morgan fingerprint density at radius 3 is 2.79 bits per heavy atom. The maximum absolute atomic E-state index is 6.12. The second kappa shape index (κ2) is 4.83. The molecule has 96 valence electrons. The number of benzene rings is 1. The summed E-state index contributed by atoms with van der Waals surface area (Å²) in [5, 5.41) is 2.10. The molecule has 0 fully saturated rings. The fraction of sp³-hybridized carbons (Fsp3) is 0.143. The molecule has 0 unspecified atom stereocenters. The zero-order valence-corrected chi connectivity index (χ0v) is 11.8. The van der Waals surface area contributed by atoms with Gasteiger partial charge in [-0.05, 0) is 30.7 Å². The van der Waals surface area contributed by atoms with Crippen molar-refractivity contribution in [1.29, 1.82) is 0 Å². The van der Waals surface area contributed by atoms with Crippen molar-refractivity contribution in [2.24, 2.45) is 0 Å². The lowest BCUT2D eigenvalue weighted by atomic mass is 10.2. The van der Waals surface area contributed by atoms with Gasteiger partial charge in [-0.2, -0.15) is 0 Å². The van der Waals surface area contributed by atoms with Gasteiger partial charge in [-0.25, -0.2) is 9.97 Å². The molecule has 1 aromatic carbocycles. The van der Waals surface area contributed by atoms with Crippen molar-refractivity contribution in [2.45, 2.75) is 13.5 Å². The Morgan fingerprint density at radius 2 is 2.00 bits per heavy atom. The summed E-state index contributed by atoms with van der Waals surface area (Å²) in [6.45, 7) is 2.54. The minimum Gasteiger partial charge on any atom is -0.328 e. The van der Waals surface area contributed by atoms with E-state index in [0.29, 0.717) is 17.5 Å². The van der Waals surface area contributed by atoms with Crippen molar-refractivity contribution < 1.29 is 0 Å². The van der Waals surface area contributed by atoms with Crippen LogP contribution in [0.15, 0.2) is 36.5 Å². The first-order valence-corrected chi connectivity index (χ1v) is 6.62. The van der Waals surface area contributed by atoms with Gasteiger partial charge in [0.1, 0.15) is 16.6 Å². The van der Waals surface area contributed by atoms with Gasteiger partial charge in [-0.3, -0.25) is 0 Å². The number of aromatic nitrogens is 3. The normalized spacial score (nSPS) is 11.1. The zero-order chi connectivity index (χ0) is 13.4. The second-order valence-corrected chi connectivity index (χ2v) is 5.17. The quantitative estimate of drug-likeness (QED) is 0.666. The van der Waals surface area contributed by atoms with E-state index < -0.39 is 0 Å². The number of rotatable bonds is 2. The molecule has 5 heteroatoms. The third-order valence-corrected chi connectivity index (χ3v) is 3.45. The van der Waals surface area contributed by atoms with Crippen molar-refractivity contribution in [1.82, 2.24) is 14.5 Å². The highest BCUT2D eigenvalue weighted by molar-refractivity contribution is 6.34. The molecule has 2 heterocycles. The van der Waals surface area contributed by atoms with Crippen LogP contribution < -0.4 is 0 Å². The van der Waals surface area contributed by atoms with Gasteiger partial charge in [0, 0.05) is 17.8 Å². The molecule has 3 nitrogen and oxygen atoms in total. The summed E-state index contributed by atoms with van der Waals surface area (Å²) in [5.41, 5.74) is 1.97. The van der Waals surface area contributed by atoms with Crippen LogP contribution in [-0.4, -0.2) is 14.5 Å². The van der Waals surface area contributed by atoms with E-state index >= 15 is 0 Å². The van der Waals surface area contributed by atoms with Crippen LogP contribution in [0.1, 0.15) is 11.4 Å². The van der Waals surface area contributed by atoms with Gasteiger partial charge in [0.2, 0.25) is 0 Å². The van der Waals surface area contributed by atoms with Crippen molar-refractivity contribution in [3.63, 3.8) is 0 Å². The Labute approximate surface area is 120 Å². The molecule has 3 rings (SSSR count). The first-order chi connectivity index (χ1) is 9.13. The maximum atomic E-state index is 6.12. The lowest BCUT2D eigenvalue weighted by Crippen LogP contribution is -2.00. The van der Waals surface area contributed by atoms with Gasteiger partial charge < -0.3 is 4.57 Å². The van der Waals surface area contributed by atoms with Crippen LogP contribution in [0.4, 0.5) is 0 Å². The summed E-state index contributed by atoms with van der Waals surface area (Å²) >= 11 is 12.1. The number of hydrogen-bond acceptors (Lipinski definition) is 2. The lowest BCUT2D eigenvalue weighted by Gasteiger charge is -2.06.